The summed E-state index contributed by atoms with van der Waals surface area (Å²) in [5.74, 6) is 1.01. The highest BCUT2D eigenvalue weighted by Crippen LogP contribution is 2.22. The average molecular weight is 439 g/mol. The van der Waals surface area contributed by atoms with E-state index in [4.69, 9.17) is 23.2 Å². The summed E-state index contributed by atoms with van der Waals surface area (Å²) in [6.07, 6.45) is 1.61. The molecule has 0 fully saturated rings. The first-order valence-corrected chi connectivity index (χ1v) is 10.8. The molecule has 3 rings (SSSR count). The number of thioether (sulfide) groups is 2. The molecule has 140 valence electrons. The number of nitrogens with one attached hydrogen (secondary N) is 1. The first kappa shape index (κ1) is 20.1. The molecule has 0 aliphatic carbocycles. The van der Waals surface area contributed by atoms with Gasteiger partial charge in [0.1, 0.15) is 6.33 Å². The lowest BCUT2D eigenvalue weighted by molar-refractivity contribution is -0.118. The summed E-state index contributed by atoms with van der Waals surface area (Å²) < 4.78 is 1.81. The third-order valence-electron chi connectivity index (χ3n) is 3.44. The number of carbonyl (C=O) groups excluding carboxylic acids is 1. The van der Waals surface area contributed by atoms with E-state index in [0.717, 1.165) is 21.4 Å². The maximum absolute atomic E-state index is 12.1. The second-order valence-electron chi connectivity index (χ2n) is 5.40. The molecular formula is C18H16Cl2N4OS2. The van der Waals surface area contributed by atoms with Gasteiger partial charge in [0.2, 0.25) is 5.91 Å². The van der Waals surface area contributed by atoms with E-state index >= 15 is 0 Å². The zero-order chi connectivity index (χ0) is 19.1. The average Bonchev–Trinajstić information content (AvgIpc) is 3.14. The van der Waals surface area contributed by atoms with E-state index in [2.05, 4.69) is 15.5 Å². The first-order valence-electron chi connectivity index (χ1n) is 8.05. The van der Waals surface area contributed by atoms with Gasteiger partial charge in [-0.3, -0.25) is 9.36 Å². The first-order chi connectivity index (χ1) is 13.1. The van der Waals surface area contributed by atoms with Crippen molar-refractivity contribution in [2.24, 2.45) is 0 Å². The molecule has 1 heterocycles. The number of hydrogen-bond donors (Lipinski definition) is 1. The van der Waals surface area contributed by atoms with Crippen molar-refractivity contribution in [2.75, 3.05) is 18.1 Å². The Morgan fingerprint density at radius 3 is 2.67 bits per heavy atom. The molecule has 0 aliphatic rings. The van der Waals surface area contributed by atoms with Gasteiger partial charge in [-0.25, -0.2) is 0 Å². The summed E-state index contributed by atoms with van der Waals surface area (Å²) in [6, 6.07) is 15.0. The van der Waals surface area contributed by atoms with E-state index < -0.39 is 0 Å². The van der Waals surface area contributed by atoms with Gasteiger partial charge in [-0.1, -0.05) is 41.0 Å². The number of hydrogen-bond acceptors (Lipinski definition) is 5. The van der Waals surface area contributed by atoms with Crippen LogP contribution in [0.3, 0.4) is 0 Å². The Morgan fingerprint density at radius 2 is 1.89 bits per heavy atom. The van der Waals surface area contributed by atoms with Crippen molar-refractivity contribution in [1.82, 2.24) is 20.1 Å². The van der Waals surface area contributed by atoms with Gasteiger partial charge in [-0.15, -0.1) is 22.0 Å². The standard InChI is InChI=1S/C18H16Cl2N4OS2/c19-13-4-6-16(7-5-13)26-9-8-21-17(25)11-27-18-23-22-12-24(18)15-3-1-2-14(20)10-15/h1-7,10,12H,8-9,11H2,(H,21,25). The Hall–Kier alpha value is -1.67. The second-order valence-corrected chi connectivity index (χ2v) is 8.39. The van der Waals surface area contributed by atoms with Crippen LogP contribution < -0.4 is 5.32 Å². The van der Waals surface area contributed by atoms with Crippen LogP contribution in [-0.2, 0) is 4.79 Å². The van der Waals surface area contributed by atoms with E-state index in [1.54, 1.807) is 28.7 Å². The van der Waals surface area contributed by atoms with E-state index in [1.807, 2.05) is 42.5 Å². The molecule has 3 aromatic rings. The van der Waals surface area contributed by atoms with Crippen LogP contribution in [0, 0.1) is 0 Å². The lowest BCUT2D eigenvalue weighted by Gasteiger charge is -2.07. The lowest BCUT2D eigenvalue weighted by Crippen LogP contribution is -2.27. The smallest absolute Gasteiger partial charge is 0.230 e. The van der Waals surface area contributed by atoms with E-state index in [1.165, 1.54) is 11.8 Å². The number of carbonyl (C=O) groups is 1. The highest BCUT2D eigenvalue weighted by Gasteiger charge is 2.10. The summed E-state index contributed by atoms with van der Waals surface area (Å²) in [4.78, 5) is 13.2. The molecule has 0 saturated heterocycles. The van der Waals surface area contributed by atoms with Crippen LogP contribution in [0.1, 0.15) is 0 Å². The molecule has 1 N–H and O–H groups in total. The summed E-state index contributed by atoms with van der Waals surface area (Å²) in [6.45, 7) is 0.591. The van der Waals surface area contributed by atoms with Gasteiger partial charge in [0.05, 0.1) is 11.4 Å². The highest BCUT2D eigenvalue weighted by molar-refractivity contribution is 7.99. The fourth-order valence-corrected chi connectivity index (χ4v) is 4.03. The zero-order valence-electron chi connectivity index (χ0n) is 14.1. The minimum atomic E-state index is -0.0441. The summed E-state index contributed by atoms with van der Waals surface area (Å²) >= 11 is 14.9. The topological polar surface area (TPSA) is 59.8 Å². The largest absolute Gasteiger partial charge is 0.355 e. The van der Waals surface area contributed by atoms with Crippen LogP contribution in [0.25, 0.3) is 5.69 Å². The molecule has 0 unspecified atom stereocenters. The zero-order valence-corrected chi connectivity index (χ0v) is 17.3. The maximum Gasteiger partial charge on any atom is 0.230 e. The van der Waals surface area contributed by atoms with E-state index in [0.29, 0.717) is 16.7 Å². The second kappa shape index (κ2) is 10.0. The lowest BCUT2D eigenvalue weighted by atomic mass is 10.3. The Kier molecular flexibility index (Phi) is 7.46. The molecule has 9 heteroatoms. The number of halogens is 2. The van der Waals surface area contributed by atoms with Gasteiger partial charge in [-0.05, 0) is 42.5 Å². The van der Waals surface area contributed by atoms with Crippen molar-refractivity contribution in [2.45, 2.75) is 10.1 Å². The molecule has 0 spiro atoms. The molecule has 2 aromatic carbocycles. The summed E-state index contributed by atoms with van der Waals surface area (Å²) in [7, 11) is 0. The molecule has 0 bridgehead atoms. The third-order valence-corrected chi connectivity index (χ3v) is 5.89. The van der Waals surface area contributed by atoms with Crippen LogP contribution >= 0.6 is 46.7 Å². The van der Waals surface area contributed by atoms with E-state index in [9.17, 15) is 4.79 Å². The number of aromatic nitrogens is 3. The van der Waals surface area contributed by atoms with Gasteiger partial charge >= 0.3 is 0 Å². The van der Waals surface area contributed by atoms with Gasteiger partial charge in [0.15, 0.2) is 5.16 Å². The minimum Gasteiger partial charge on any atom is -0.355 e. The summed E-state index contributed by atoms with van der Waals surface area (Å²) in [5, 5.41) is 12.9. The fraction of sp³-hybridized carbons (Fsp3) is 0.167. The normalized spacial score (nSPS) is 10.7. The highest BCUT2D eigenvalue weighted by atomic mass is 35.5. The van der Waals surface area contributed by atoms with Gasteiger partial charge < -0.3 is 5.32 Å². The van der Waals surface area contributed by atoms with Crippen molar-refractivity contribution < 1.29 is 4.79 Å². The Morgan fingerprint density at radius 1 is 1.07 bits per heavy atom. The van der Waals surface area contributed by atoms with Crippen molar-refractivity contribution in [1.29, 1.82) is 0 Å². The van der Waals surface area contributed by atoms with Crippen molar-refractivity contribution >= 4 is 52.6 Å². The van der Waals surface area contributed by atoms with Crippen molar-refractivity contribution in [3.05, 3.63) is 64.9 Å². The molecule has 5 nitrogen and oxygen atoms in total. The predicted molar refractivity (Wildman–Crippen MR) is 112 cm³/mol. The number of nitrogens with zero attached hydrogens (tertiary/aromatic N) is 3. The minimum absolute atomic E-state index is 0.0441. The quantitative estimate of drug-likeness (QED) is 0.412. The SMILES string of the molecule is O=C(CSc1nncn1-c1cccc(Cl)c1)NCCSc1ccc(Cl)cc1. The summed E-state index contributed by atoms with van der Waals surface area (Å²) in [5.41, 5.74) is 0.856. The predicted octanol–water partition coefficient (Wildman–Crippen LogP) is 4.57. The Bertz CT molecular complexity index is 902. The third kappa shape index (κ3) is 6.17. The van der Waals surface area contributed by atoms with Gasteiger partial charge in [-0.2, -0.15) is 0 Å². The Labute approximate surface area is 175 Å². The van der Waals surface area contributed by atoms with Crippen LogP contribution in [-0.4, -0.2) is 38.7 Å². The molecule has 27 heavy (non-hydrogen) atoms. The van der Waals surface area contributed by atoms with Gasteiger partial charge in [0.25, 0.3) is 0 Å². The van der Waals surface area contributed by atoms with Crippen LogP contribution in [0.15, 0.2) is 64.9 Å². The molecule has 1 amide bonds. The van der Waals surface area contributed by atoms with Gasteiger partial charge in [0, 0.05) is 27.2 Å². The monoisotopic (exact) mass is 438 g/mol. The number of rotatable bonds is 8. The van der Waals surface area contributed by atoms with Crippen molar-refractivity contribution in [3.63, 3.8) is 0 Å². The molecular weight excluding hydrogens is 423 g/mol. The molecule has 0 saturated carbocycles. The maximum atomic E-state index is 12.1. The van der Waals surface area contributed by atoms with Crippen LogP contribution in [0.2, 0.25) is 10.0 Å². The molecule has 0 atom stereocenters. The number of amides is 1. The molecule has 1 aromatic heterocycles. The van der Waals surface area contributed by atoms with Crippen LogP contribution in [0.5, 0.6) is 0 Å². The van der Waals surface area contributed by atoms with Crippen LogP contribution in [0.4, 0.5) is 0 Å². The molecule has 0 radical (unpaired) electrons. The molecule has 0 aliphatic heterocycles. The fourth-order valence-electron chi connectivity index (χ4n) is 2.20. The Balaban J connectivity index is 1.43. The van der Waals surface area contributed by atoms with Crippen molar-refractivity contribution in [3.8, 4) is 5.69 Å². The number of benzene rings is 2. The van der Waals surface area contributed by atoms with E-state index in [-0.39, 0.29) is 11.7 Å².